The summed E-state index contributed by atoms with van der Waals surface area (Å²) < 4.78 is 1.21. The van der Waals surface area contributed by atoms with Gasteiger partial charge in [-0.05, 0) is 11.6 Å². The normalized spacial score (nSPS) is 15.2. The molecule has 0 N–H and O–H groups in total. The van der Waals surface area contributed by atoms with E-state index >= 15 is 0 Å². The van der Waals surface area contributed by atoms with Crippen molar-refractivity contribution >= 4 is 33.6 Å². The molecule has 0 fully saturated rings. The third-order valence-corrected chi connectivity index (χ3v) is 4.09. The molecule has 0 aliphatic carbocycles. The maximum absolute atomic E-state index is 4.63. The van der Waals surface area contributed by atoms with Crippen LogP contribution < -0.4 is 0 Å². The van der Waals surface area contributed by atoms with Gasteiger partial charge in [0.05, 0.1) is 5.69 Å². The van der Waals surface area contributed by atoms with Gasteiger partial charge in [-0.1, -0.05) is 55.6 Å². The summed E-state index contributed by atoms with van der Waals surface area (Å²) in [7, 11) is 0. The molecule has 0 radical (unpaired) electrons. The molecule has 1 heterocycles. The van der Waals surface area contributed by atoms with Crippen molar-refractivity contribution < 1.29 is 0 Å². The lowest BCUT2D eigenvalue weighted by Gasteiger charge is -2.15. The fourth-order valence-electron chi connectivity index (χ4n) is 1.27. The number of benzene rings is 1. The van der Waals surface area contributed by atoms with Crippen LogP contribution in [0.25, 0.3) is 0 Å². The molecule has 1 nitrogen and oxygen atoms in total. The molecule has 0 saturated carbocycles. The molecule has 1 aliphatic heterocycles. The van der Waals surface area contributed by atoms with Crippen molar-refractivity contribution in [3.8, 4) is 0 Å². The molecule has 14 heavy (non-hydrogen) atoms. The van der Waals surface area contributed by atoms with Crippen LogP contribution in [0.5, 0.6) is 0 Å². The quantitative estimate of drug-likeness (QED) is 0.711. The molecule has 1 aliphatic rings. The lowest BCUT2D eigenvalue weighted by Crippen LogP contribution is -1.99. The lowest BCUT2D eigenvalue weighted by molar-refractivity contribution is 1.12. The Hall–Kier alpha value is -0.410. The van der Waals surface area contributed by atoms with E-state index in [9.17, 15) is 0 Å². The zero-order valence-electron chi connectivity index (χ0n) is 8.36. The SMILES string of the molecule is CC(C)SC1=Nc2ccccc2CS1. The minimum Gasteiger partial charge on any atom is -0.235 e. The second-order valence-electron chi connectivity index (χ2n) is 3.46. The van der Waals surface area contributed by atoms with E-state index in [-0.39, 0.29) is 0 Å². The molecule has 0 unspecified atom stereocenters. The van der Waals surface area contributed by atoms with E-state index in [4.69, 9.17) is 0 Å². The number of hydrogen-bond donors (Lipinski definition) is 0. The predicted molar refractivity (Wildman–Crippen MR) is 67.6 cm³/mol. The number of thioether (sulfide) groups is 2. The third kappa shape index (κ3) is 2.34. The van der Waals surface area contributed by atoms with Gasteiger partial charge in [-0.15, -0.1) is 0 Å². The van der Waals surface area contributed by atoms with Gasteiger partial charge >= 0.3 is 0 Å². The van der Waals surface area contributed by atoms with Crippen molar-refractivity contribution in [1.29, 1.82) is 0 Å². The molecule has 0 aromatic heterocycles. The Morgan fingerprint density at radius 2 is 2.14 bits per heavy atom. The predicted octanol–water partition coefficient (Wildman–Crippen LogP) is 4.06. The van der Waals surface area contributed by atoms with Crippen molar-refractivity contribution in [3.05, 3.63) is 29.8 Å². The number of fused-ring (bicyclic) bond motifs is 1. The highest BCUT2D eigenvalue weighted by Gasteiger charge is 2.13. The Labute approximate surface area is 93.4 Å². The molecule has 0 spiro atoms. The zero-order valence-corrected chi connectivity index (χ0v) is 9.99. The van der Waals surface area contributed by atoms with Gasteiger partial charge in [-0.25, -0.2) is 4.99 Å². The van der Waals surface area contributed by atoms with Gasteiger partial charge in [0, 0.05) is 11.0 Å². The van der Waals surface area contributed by atoms with Crippen LogP contribution >= 0.6 is 23.5 Å². The maximum Gasteiger partial charge on any atom is 0.131 e. The summed E-state index contributed by atoms with van der Waals surface area (Å²) in [5.41, 5.74) is 2.50. The molecule has 74 valence electrons. The Kier molecular flexibility index (Phi) is 3.19. The first-order valence-corrected chi connectivity index (χ1v) is 6.58. The fraction of sp³-hybridized carbons (Fsp3) is 0.364. The second-order valence-corrected chi connectivity index (χ2v) is 6.25. The van der Waals surface area contributed by atoms with E-state index in [0.29, 0.717) is 5.25 Å². The van der Waals surface area contributed by atoms with Crippen LogP contribution in [0.3, 0.4) is 0 Å². The number of aliphatic imine (C=N–C) groups is 1. The summed E-state index contributed by atoms with van der Waals surface area (Å²) in [6, 6.07) is 8.38. The average Bonchev–Trinajstić information content (AvgIpc) is 2.17. The van der Waals surface area contributed by atoms with Crippen LogP contribution in [0.15, 0.2) is 29.3 Å². The summed E-state index contributed by atoms with van der Waals surface area (Å²) >= 11 is 3.70. The van der Waals surface area contributed by atoms with Crippen LogP contribution in [0, 0.1) is 0 Å². The molecule has 0 saturated heterocycles. The topological polar surface area (TPSA) is 12.4 Å². The molecule has 0 atom stereocenters. The van der Waals surface area contributed by atoms with Crippen LogP contribution in [0.4, 0.5) is 5.69 Å². The number of para-hydroxylation sites is 1. The van der Waals surface area contributed by atoms with Crippen molar-refractivity contribution in [2.24, 2.45) is 4.99 Å². The van der Waals surface area contributed by atoms with Crippen molar-refractivity contribution in [1.82, 2.24) is 0 Å². The highest BCUT2D eigenvalue weighted by molar-refractivity contribution is 8.38. The van der Waals surface area contributed by atoms with Gasteiger partial charge in [-0.2, -0.15) is 0 Å². The molecular weight excluding hydrogens is 210 g/mol. The van der Waals surface area contributed by atoms with Gasteiger partial charge < -0.3 is 0 Å². The average molecular weight is 223 g/mol. The monoisotopic (exact) mass is 223 g/mol. The van der Waals surface area contributed by atoms with Crippen LogP contribution in [-0.4, -0.2) is 9.63 Å². The van der Waals surface area contributed by atoms with Crippen molar-refractivity contribution in [3.63, 3.8) is 0 Å². The van der Waals surface area contributed by atoms with E-state index in [1.165, 1.54) is 9.94 Å². The summed E-state index contributed by atoms with van der Waals surface area (Å²) in [4.78, 5) is 4.63. The van der Waals surface area contributed by atoms with Crippen LogP contribution in [0.2, 0.25) is 0 Å². The smallest absolute Gasteiger partial charge is 0.131 e. The van der Waals surface area contributed by atoms with Crippen molar-refractivity contribution in [2.75, 3.05) is 0 Å². The summed E-state index contributed by atoms with van der Waals surface area (Å²) in [5.74, 6) is 1.06. The van der Waals surface area contributed by atoms with Gasteiger partial charge in [0.1, 0.15) is 4.38 Å². The standard InChI is InChI=1S/C11H13NS2/c1-8(2)14-11-12-10-6-4-3-5-9(10)7-13-11/h3-6,8H,7H2,1-2H3. The molecule has 3 heteroatoms. The second kappa shape index (κ2) is 4.41. The van der Waals surface area contributed by atoms with E-state index in [2.05, 4.69) is 43.1 Å². The highest BCUT2D eigenvalue weighted by Crippen LogP contribution is 2.35. The van der Waals surface area contributed by atoms with Gasteiger partial charge in [0.15, 0.2) is 0 Å². The molecule has 0 amide bonds. The first kappa shape index (κ1) is 10.1. The third-order valence-electron chi connectivity index (χ3n) is 1.89. The van der Waals surface area contributed by atoms with Crippen molar-refractivity contribution in [2.45, 2.75) is 24.9 Å². The van der Waals surface area contributed by atoms with E-state index < -0.39 is 0 Å². The molecule has 1 aromatic carbocycles. The van der Waals surface area contributed by atoms with E-state index in [0.717, 1.165) is 11.4 Å². The van der Waals surface area contributed by atoms with Crippen LogP contribution in [-0.2, 0) is 5.75 Å². The van der Waals surface area contributed by atoms with Gasteiger partial charge in [0.2, 0.25) is 0 Å². The first-order valence-electron chi connectivity index (χ1n) is 4.72. The minimum atomic E-state index is 0.617. The number of nitrogens with zero attached hydrogens (tertiary/aromatic N) is 1. The van der Waals surface area contributed by atoms with Crippen LogP contribution in [0.1, 0.15) is 19.4 Å². The summed E-state index contributed by atoms with van der Waals surface area (Å²) in [6.07, 6.45) is 0. The highest BCUT2D eigenvalue weighted by atomic mass is 32.2. The lowest BCUT2D eigenvalue weighted by atomic mass is 10.2. The Morgan fingerprint density at radius 3 is 2.93 bits per heavy atom. The first-order chi connectivity index (χ1) is 6.75. The molecule has 2 rings (SSSR count). The van der Waals surface area contributed by atoms with E-state index in [1.807, 2.05) is 23.5 Å². The summed E-state index contributed by atoms with van der Waals surface area (Å²) in [5, 5.41) is 0.617. The Bertz CT molecular complexity index is 358. The zero-order chi connectivity index (χ0) is 9.97. The molecule has 0 bridgehead atoms. The maximum atomic E-state index is 4.63. The Balaban J connectivity index is 2.22. The molecule has 1 aromatic rings. The van der Waals surface area contributed by atoms with Gasteiger partial charge in [0.25, 0.3) is 0 Å². The van der Waals surface area contributed by atoms with Gasteiger partial charge in [-0.3, -0.25) is 0 Å². The number of rotatable bonds is 1. The fourth-order valence-corrected chi connectivity index (χ4v) is 3.54. The minimum absolute atomic E-state index is 0.617. The summed E-state index contributed by atoms with van der Waals surface area (Å²) in [6.45, 7) is 4.41. The number of hydrogen-bond acceptors (Lipinski definition) is 3. The van der Waals surface area contributed by atoms with E-state index in [1.54, 1.807) is 0 Å². The largest absolute Gasteiger partial charge is 0.235 e. The Morgan fingerprint density at radius 1 is 1.36 bits per heavy atom. The molecular formula is C11H13NS2.